The van der Waals surface area contributed by atoms with Crippen LogP contribution in [-0.4, -0.2) is 22.4 Å². The zero-order chi connectivity index (χ0) is 13.4. The van der Waals surface area contributed by atoms with Crippen LogP contribution in [0.5, 0.6) is 0 Å². The SMILES string of the molecule is C#C/C=C\C[C@@H](Cl)C1C/C=C\C[C@H](Br)[C@@H](CC)O1. The van der Waals surface area contributed by atoms with Gasteiger partial charge in [-0.3, -0.25) is 0 Å². The molecule has 0 saturated carbocycles. The Kier molecular flexibility index (Phi) is 7.74. The molecule has 1 heterocycles. The molecule has 0 N–H and O–H groups in total. The van der Waals surface area contributed by atoms with Gasteiger partial charge in [-0.25, -0.2) is 0 Å². The largest absolute Gasteiger partial charge is 0.372 e. The molecule has 3 heteroatoms. The number of hydrogen-bond donors (Lipinski definition) is 0. The Morgan fingerprint density at radius 1 is 1.56 bits per heavy atom. The highest BCUT2D eigenvalue weighted by molar-refractivity contribution is 9.09. The Bertz CT molecular complexity index is 332. The van der Waals surface area contributed by atoms with Crippen molar-refractivity contribution in [3.05, 3.63) is 24.3 Å². The van der Waals surface area contributed by atoms with Crippen LogP contribution in [0.3, 0.4) is 0 Å². The predicted octanol–water partition coefficient (Wildman–Crippen LogP) is 4.45. The summed E-state index contributed by atoms with van der Waals surface area (Å²) in [6, 6.07) is 0. The molecule has 0 radical (unpaired) electrons. The van der Waals surface area contributed by atoms with E-state index in [2.05, 4.69) is 40.9 Å². The van der Waals surface area contributed by atoms with E-state index in [1.165, 1.54) is 0 Å². The third kappa shape index (κ3) is 5.18. The maximum absolute atomic E-state index is 6.40. The summed E-state index contributed by atoms with van der Waals surface area (Å²) in [7, 11) is 0. The summed E-state index contributed by atoms with van der Waals surface area (Å²) < 4.78 is 6.13. The maximum Gasteiger partial charge on any atom is 0.0780 e. The Morgan fingerprint density at radius 2 is 2.28 bits per heavy atom. The van der Waals surface area contributed by atoms with Crippen LogP contribution in [0.2, 0.25) is 0 Å². The average molecular weight is 332 g/mol. The van der Waals surface area contributed by atoms with E-state index in [-0.39, 0.29) is 17.6 Å². The van der Waals surface area contributed by atoms with Gasteiger partial charge in [0.25, 0.3) is 0 Å². The summed E-state index contributed by atoms with van der Waals surface area (Å²) >= 11 is 10.1. The van der Waals surface area contributed by atoms with Gasteiger partial charge in [-0.1, -0.05) is 47.0 Å². The number of alkyl halides is 2. The van der Waals surface area contributed by atoms with Gasteiger partial charge in [0.15, 0.2) is 0 Å². The second-order valence-electron chi connectivity index (χ2n) is 4.40. The van der Waals surface area contributed by atoms with E-state index in [1.807, 2.05) is 6.08 Å². The van der Waals surface area contributed by atoms with Crippen molar-refractivity contribution in [1.29, 1.82) is 0 Å². The van der Waals surface area contributed by atoms with Crippen molar-refractivity contribution in [2.75, 3.05) is 0 Å². The van der Waals surface area contributed by atoms with Crippen molar-refractivity contribution >= 4 is 27.5 Å². The highest BCUT2D eigenvalue weighted by atomic mass is 79.9. The van der Waals surface area contributed by atoms with E-state index in [1.54, 1.807) is 6.08 Å². The molecule has 1 rings (SSSR count). The molecule has 0 fully saturated rings. The van der Waals surface area contributed by atoms with Crippen LogP contribution in [0.4, 0.5) is 0 Å². The van der Waals surface area contributed by atoms with Crippen molar-refractivity contribution in [3.63, 3.8) is 0 Å². The Balaban J connectivity index is 2.62. The van der Waals surface area contributed by atoms with Crippen molar-refractivity contribution in [3.8, 4) is 12.3 Å². The Labute approximate surface area is 124 Å². The standard InChI is InChI=1S/C15H20BrClO/c1-3-5-6-10-13(17)15-11-8-7-9-12(16)14(4-2)18-15/h1,5-8,12-15H,4,9-11H2,2H3/b6-5-,8-7-/t12-,13+,14+,15?/m0/s1. The van der Waals surface area contributed by atoms with Crippen LogP contribution in [0.1, 0.15) is 32.6 Å². The first-order valence-electron chi connectivity index (χ1n) is 6.38. The van der Waals surface area contributed by atoms with Crippen LogP contribution in [0.25, 0.3) is 0 Å². The topological polar surface area (TPSA) is 9.23 Å². The van der Waals surface area contributed by atoms with Crippen molar-refractivity contribution in [1.82, 2.24) is 0 Å². The average Bonchev–Trinajstić information content (AvgIpc) is 2.35. The normalized spacial score (nSPS) is 32.4. The zero-order valence-corrected chi connectivity index (χ0v) is 13.0. The molecule has 0 bridgehead atoms. The highest BCUT2D eigenvalue weighted by Gasteiger charge is 2.26. The first-order chi connectivity index (χ1) is 8.69. The molecule has 1 aliphatic rings. The van der Waals surface area contributed by atoms with E-state index in [4.69, 9.17) is 22.8 Å². The van der Waals surface area contributed by atoms with Gasteiger partial charge in [-0.2, -0.15) is 0 Å². The summed E-state index contributed by atoms with van der Waals surface area (Å²) in [5, 5.41) is -0.0360. The molecule has 4 atom stereocenters. The molecule has 0 saturated heterocycles. The molecular weight excluding hydrogens is 312 g/mol. The lowest BCUT2D eigenvalue weighted by Gasteiger charge is -2.30. The van der Waals surface area contributed by atoms with Crippen LogP contribution < -0.4 is 0 Å². The summed E-state index contributed by atoms with van der Waals surface area (Å²) in [5.74, 6) is 2.47. The molecule has 1 aliphatic heterocycles. The number of allylic oxidation sites excluding steroid dienone is 3. The van der Waals surface area contributed by atoms with E-state index in [9.17, 15) is 0 Å². The fraction of sp³-hybridized carbons (Fsp3) is 0.600. The number of ether oxygens (including phenoxy) is 1. The Hall–Kier alpha value is -0.230. The lowest BCUT2D eigenvalue weighted by atomic mass is 10.0. The van der Waals surface area contributed by atoms with Gasteiger partial charge in [0.1, 0.15) is 0 Å². The highest BCUT2D eigenvalue weighted by Crippen LogP contribution is 2.26. The van der Waals surface area contributed by atoms with Crippen LogP contribution in [0.15, 0.2) is 24.3 Å². The predicted molar refractivity (Wildman–Crippen MR) is 82.3 cm³/mol. The molecule has 0 amide bonds. The lowest BCUT2D eigenvalue weighted by Crippen LogP contribution is -2.34. The van der Waals surface area contributed by atoms with Crippen LogP contribution in [0, 0.1) is 12.3 Å². The van der Waals surface area contributed by atoms with E-state index in [0.29, 0.717) is 4.83 Å². The van der Waals surface area contributed by atoms with Gasteiger partial charge in [0.05, 0.1) is 17.6 Å². The number of rotatable bonds is 4. The molecule has 100 valence electrons. The smallest absolute Gasteiger partial charge is 0.0780 e. The fourth-order valence-electron chi connectivity index (χ4n) is 1.98. The molecule has 1 nitrogen and oxygen atoms in total. The number of halogens is 2. The molecule has 0 aromatic heterocycles. The van der Waals surface area contributed by atoms with E-state index < -0.39 is 0 Å². The maximum atomic E-state index is 6.40. The number of terminal acetylenes is 1. The molecule has 18 heavy (non-hydrogen) atoms. The monoisotopic (exact) mass is 330 g/mol. The second-order valence-corrected chi connectivity index (χ2v) is 6.14. The zero-order valence-electron chi connectivity index (χ0n) is 10.7. The molecule has 0 spiro atoms. The second kappa shape index (κ2) is 8.80. The first-order valence-corrected chi connectivity index (χ1v) is 7.74. The third-order valence-corrected chi connectivity index (χ3v) is 4.45. The van der Waals surface area contributed by atoms with E-state index >= 15 is 0 Å². The minimum atomic E-state index is -0.0360. The summed E-state index contributed by atoms with van der Waals surface area (Å²) in [4.78, 5) is 0.367. The van der Waals surface area contributed by atoms with Crippen molar-refractivity contribution in [2.45, 2.75) is 55.0 Å². The minimum absolute atomic E-state index is 0.0360. The van der Waals surface area contributed by atoms with Crippen LogP contribution >= 0.6 is 27.5 Å². The van der Waals surface area contributed by atoms with Crippen LogP contribution in [-0.2, 0) is 4.74 Å². The van der Waals surface area contributed by atoms with Gasteiger partial charge >= 0.3 is 0 Å². The van der Waals surface area contributed by atoms with Gasteiger partial charge in [0, 0.05) is 4.83 Å². The molecule has 0 aromatic rings. The minimum Gasteiger partial charge on any atom is -0.372 e. The molecule has 0 aliphatic carbocycles. The van der Waals surface area contributed by atoms with Gasteiger partial charge in [-0.05, 0) is 31.8 Å². The summed E-state index contributed by atoms with van der Waals surface area (Å²) in [6.07, 6.45) is 17.0. The molecule has 0 aromatic carbocycles. The van der Waals surface area contributed by atoms with Crippen molar-refractivity contribution in [2.24, 2.45) is 0 Å². The van der Waals surface area contributed by atoms with E-state index in [0.717, 1.165) is 25.7 Å². The van der Waals surface area contributed by atoms with Gasteiger partial charge < -0.3 is 4.74 Å². The third-order valence-electron chi connectivity index (χ3n) is 3.03. The van der Waals surface area contributed by atoms with Gasteiger partial charge in [-0.15, -0.1) is 18.0 Å². The van der Waals surface area contributed by atoms with Gasteiger partial charge in [0.2, 0.25) is 0 Å². The fourth-order valence-corrected chi connectivity index (χ4v) is 2.96. The first kappa shape index (κ1) is 15.8. The Morgan fingerprint density at radius 3 is 2.94 bits per heavy atom. The number of hydrogen-bond acceptors (Lipinski definition) is 1. The molecular formula is C15H20BrClO. The molecule has 1 unspecified atom stereocenters. The lowest BCUT2D eigenvalue weighted by molar-refractivity contribution is -0.0149. The van der Waals surface area contributed by atoms with Crippen molar-refractivity contribution < 1.29 is 4.74 Å². The quantitative estimate of drug-likeness (QED) is 0.420. The summed E-state index contributed by atoms with van der Waals surface area (Å²) in [5.41, 5.74) is 0. The summed E-state index contributed by atoms with van der Waals surface area (Å²) in [6.45, 7) is 2.14.